The minimum atomic E-state index is -0.525. The maximum atomic E-state index is 13.6. The Morgan fingerprint density at radius 3 is 2.94 bits per heavy atom. The quantitative estimate of drug-likeness (QED) is 0.763. The predicted octanol–water partition coefficient (Wildman–Crippen LogP) is 2.30. The lowest BCUT2D eigenvalue weighted by Gasteiger charge is -2.08. The number of hydrogen-bond acceptors (Lipinski definition) is 3. The summed E-state index contributed by atoms with van der Waals surface area (Å²) in [5.74, 6) is -0.549. The van der Waals surface area contributed by atoms with E-state index in [9.17, 15) is 9.18 Å². The Morgan fingerprint density at radius 2 is 2.33 bits per heavy atom. The van der Waals surface area contributed by atoms with Crippen molar-refractivity contribution in [1.82, 2.24) is 9.78 Å². The fourth-order valence-corrected chi connectivity index (χ4v) is 1.52. The molecule has 0 spiro atoms. The van der Waals surface area contributed by atoms with Gasteiger partial charge < -0.3 is 4.74 Å². The first kappa shape index (κ1) is 12.3. The van der Waals surface area contributed by atoms with Crippen LogP contribution in [0.1, 0.15) is 17.3 Å². The van der Waals surface area contributed by atoms with E-state index in [1.807, 2.05) is 6.07 Å². The number of hydrogen-bond donors (Lipinski definition) is 0. The third-order valence-corrected chi connectivity index (χ3v) is 2.48. The summed E-state index contributed by atoms with van der Waals surface area (Å²) in [5.41, 5.74) is 0.340. The second-order valence-corrected chi connectivity index (χ2v) is 3.82. The van der Waals surface area contributed by atoms with Crippen molar-refractivity contribution in [1.29, 1.82) is 0 Å². The molecule has 0 saturated heterocycles. The van der Waals surface area contributed by atoms with E-state index in [1.54, 1.807) is 23.1 Å². The molecule has 5 heteroatoms. The van der Waals surface area contributed by atoms with E-state index < -0.39 is 5.82 Å². The van der Waals surface area contributed by atoms with Crippen molar-refractivity contribution in [3.05, 3.63) is 48.0 Å². The molecule has 0 radical (unpaired) electrons. The molecule has 1 heterocycles. The molecule has 1 aromatic carbocycles. The van der Waals surface area contributed by atoms with E-state index >= 15 is 0 Å². The van der Waals surface area contributed by atoms with Gasteiger partial charge in [-0.25, -0.2) is 4.39 Å². The molecule has 2 rings (SSSR count). The summed E-state index contributed by atoms with van der Waals surface area (Å²) < 4.78 is 20.6. The molecule has 0 unspecified atom stereocenters. The zero-order chi connectivity index (χ0) is 13.0. The average molecular weight is 248 g/mol. The Morgan fingerprint density at radius 1 is 1.50 bits per heavy atom. The minimum absolute atomic E-state index is 0.146. The number of ether oxygens (including phenoxy) is 1. The number of ketones is 1. The molecule has 0 aliphatic carbocycles. The van der Waals surface area contributed by atoms with Gasteiger partial charge in [0, 0.05) is 18.0 Å². The Balaban J connectivity index is 1.95. The van der Waals surface area contributed by atoms with Crippen molar-refractivity contribution in [2.24, 2.45) is 0 Å². The number of carbonyl (C=O) groups excluding carboxylic acids is 1. The number of halogens is 1. The molecule has 0 fully saturated rings. The topological polar surface area (TPSA) is 44.1 Å². The number of rotatable bonds is 5. The summed E-state index contributed by atoms with van der Waals surface area (Å²) >= 11 is 0. The first-order chi connectivity index (χ1) is 8.66. The number of benzene rings is 1. The highest BCUT2D eigenvalue weighted by molar-refractivity contribution is 5.94. The van der Waals surface area contributed by atoms with E-state index in [0.29, 0.717) is 18.7 Å². The molecule has 1 aromatic heterocycles. The Labute approximate surface area is 104 Å². The number of aromatic nitrogens is 2. The largest absolute Gasteiger partial charge is 0.489 e. The molecule has 0 atom stereocenters. The van der Waals surface area contributed by atoms with E-state index in [2.05, 4.69) is 5.10 Å². The highest BCUT2D eigenvalue weighted by Crippen LogP contribution is 2.18. The lowest BCUT2D eigenvalue weighted by molar-refractivity contribution is 0.101. The molecule has 0 aliphatic heterocycles. The van der Waals surface area contributed by atoms with E-state index in [0.717, 1.165) is 0 Å². The molecule has 0 aliphatic rings. The van der Waals surface area contributed by atoms with Crippen LogP contribution >= 0.6 is 0 Å². The smallest absolute Gasteiger partial charge is 0.165 e. The van der Waals surface area contributed by atoms with Crippen molar-refractivity contribution >= 4 is 5.78 Å². The fourth-order valence-electron chi connectivity index (χ4n) is 1.52. The van der Waals surface area contributed by atoms with Gasteiger partial charge in [0.2, 0.25) is 0 Å². The molecule has 94 valence electrons. The molecule has 0 N–H and O–H groups in total. The van der Waals surface area contributed by atoms with Crippen molar-refractivity contribution in [2.75, 3.05) is 6.61 Å². The van der Waals surface area contributed by atoms with Crippen LogP contribution in [0.4, 0.5) is 4.39 Å². The van der Waals surface area contributed by atoms with E-state index in [1.165, 1.54) is 19.1 Å². The van der Waals surface area contributed by atoms with E-state index in [4.69, 9.17) is 4.74 Å². The number of nitrogens with zero attached hydrogens (tertiary/aromatic N) is 2. The van der Waals surface area contributed by atoms with Gasteiger partial charge in [0.15, 0.2) is 17.3 Å². The van der Waals surface area contributed by atoms with Crippen LogP contribution in [0.2, 0.25) is 0 Å². The monoisotopic (exact) mass is 248 g/mol. The lowest BCUT2D eigenvalue weighted by atomic mass is 10.1. The van der Waals surface area contributed by atoms with Crippen LogP contribution < -0.4 is 4.74 Å². The van der Waals surface area contributed by atoms with Crippen LogP contribution in [0.25, 0.3) is 0 Å². The maximum absolute atomic E-state index is 13.6. The third kappa shape index (κ3) is 2.94. The van der Waals surface area contributed by atoms with Crippen molar-refractivity contribution in [3.63, 3.8) is 0 Å². The maximum Gasteiger partial charge on any atom is 0.165 e. The predicted molar refractivity (Wildman–Crippen MR) is 64.1 cm³/mol. The van der Waals surface area contributed by atoms with E-state index in [-0.39, 0.29) is 11.5 Å². The van der Waals surface area contributed by atoms with Gasteiger partial charge >= 0.3 is 0 Å². The summed E-state index contributed by atoms with van der Waals surface area (Å²) in [6, 6.07) is 6.01. The van der Waals surface area contributed by atoms with Gasteiger partial charge in [-0.1, -0.05) is 0 Å². The fraction of sp³-hybridized carbons (Fsp3) is 0.231. The molecular weight excluding hydrogens is 235 g/mol. The summed E-state index contributed by atoms with van der Waals surface area (Å²) in [4.78, 5) is 11.1. The van der Waals surface area contributed by atoms with Crippen LogP contribution in [-0.4, -0.2) is 22.2 Å². The zero-order valence-electron chi connectivity index (χ0n) is 9.97. The van der Waals surface area contributed by atoms with Crippen molar-refractivity contribution < 1.29 is 13.9 Å². The van der Waals surface area contributed by atoms with Gasteiger partial charge in [-0.15, -0.1) is 0 Å². The SMILES string of the molecule is CC(=O)c1ccc(OCCn2cccn2)c(F)c1. The average Bonchev–Trinajstić information content (AvgIpc) is 2.84. The molecule has 0 amide bonds. The standard InChI is InChI=1S/C13H13FN2O2/c1-10(17)11-3-4-13(12(14)9-11)18-8-7-16-6-2-5-15-16/h2-6,9H,7-8H2,1H3. The van der Waals surface area contributed by atoms with Crippen molar-refractivity contribution in [2.45, 2.75) is 13.5 Å². The highest BCUT2D eigenvalue weighted by Gasteiger charge is 2.07. The van der Waals surface area contributed by atoms with Crippen LogP contribution in [0.15, 0.2) is 36.7 Å². The Hall–Kier alpha value is -2.17. The molecule has 0 bridgehead atoms. The minimum Gasteiger partial charge on any atom is -0.489 e. The van der Waals surface area contributed by atoms with Crippen molar-refractivity contribution in [3.8, 4) is 5.75 Å². The lowest BCUT2D eigenvalue weighted by Crippen LogP contribution is -2.09. The van der Waals surface area contributed by atoms with Gasteiger partial charge in [0.1, 0.15) is 6.61 Å². The molecule has 18 heavy (non-hydrogen) atoms. The normalized spacial score (nSPS) is 10.3. The van der Waals surface area contributed by atoms with Gasteiger partial charge in [0.05, 0.1) is 6.54 Å². The Bertz CT molecular complexity index is 538. The van der Waals surface area contributed by atoms with Gasteiger partial charge in [-0.3, -0.25) is 9.48 Å². The molecule has 2 aromatic rings. The summed E-state index contributed by atoms with van der Waals surface area (Å²) in [5, 5.41) is 4.01. The summed E-state index contributed by atoms with van der Waals surface area (Å²) in [7, 11) is 0. The zero-order valence-corrected chi connectivity index (χ0v) is 9.97. The van der Waals surface area contributed by atoms with Gasteiger partial charge in [-0.2, -0.15) is 5.10 Å². The number of carbonyl (C=O) groups is 1. The van der Waals surface area contributed by atoms with Crippen LogP contribution in [0.5, 0.6) is 5.75 Å². The van der Waals surface area contributed by atoms with Crippen LogP contribution in [0, 0.1) is 5.82 Å². The summed E-state index contributed by atoms with van der Waals surface area (Å²) in [6.45, 7) is 2.26. The van der Waals surface area contributed by atoms with Crippen LogP contribution in [0.3, 0.4) is 0 Å². The second-order valence-electron chi connectivity index (χ2n) is 3.82. The first-order valence-electron chi connectivity index (χ1n) is 5.57. The van der Waals surface area contributed by atoms with Crippen LogP contribution in [-0.2, 0) is 6.54 Å². The third-order valence-electron chi connectivity index (χ3n) is 2.48. The second kappa shape index (κ2) is 5.44. The highest BCUT2D eigenvalue weighted by atomic mass is 19.1. The van der Waals surface area contributed by atoms with Gasteiger partial charge in [0.25, 0.3) is 0 Å². The Kier molecular flexibility index (Phi) is 3.72. The molecular formula is C13H13FN2O2. The molecule has 0 saturated carbocycles. The first-order valence-corrected chi connectivity index (χ1v) is 5.57. The van der Waals surface area contributed by atoms with Gasteiger partial charge in [-0.05, 0) is 31.2 Å². The molecule has 4 nitrogen and oxygen atoms in total. The number of Topliss-reactive ketones (excluding diaryl/α,β-unsaturated/α-hetero) is 1. The summed E-state index contributed by atoms with van der Waals surface area (Å²) in [6.07, 6.45) is 3.47.